The van der Waals surface area contributed by atoms with Crippen LogP contribution in [0.4, 0.5) is 13.2 Å². The van der Waals surface area contributed by atoms with E-state index in [1.54, 1.807) is 0 Å². The van der Waals surface area contributed by atoms with E-state index in [2.05, 4.69) is 5.10 Å². The number of rotatable bonds is 6. The first-order chi connectivity index (χ1) is 9.59. The van der Waals surface area contributed by atoms with Crippen LogP contribution in [0.2, 0.25) is 0 Å². The number of alkyl halides is 3. The maximum atomic E-state index is 12.3. The molecule has 2 amide bonds. The molecule has 1 atom stereocenters. The number of carboxylic acids is 1. The van der Waals surface area contributed by atoms with E-state index in [0.717, 1.165) is 6.20 Å². The van der Waals surface area contributed by atoms with Crippen LogP contribution < -0.4 is 11.1 Å². The summed E-state index contributed by atoms with van der Waals surface area (Å²) in [5.41, 5.74) is 3.64. The number of aromatic nitrogens is 2. The first kappa shape index (κ1) is 16.5. The predicted octanol–water partition coefficient (Wildman–Crippen LogP) is -0.653. The lowest BCUT2D eigenvalue weighted by molar-refractivity contribution is -0.143. The summed E-state index contributed by atoms with van der Waals surface area (Å²) < 4.78 is 37.6. The second-order valence-corrected chi connectivity index (χ2v) is 4.03. The molecule has 1 aromatic heterocycles. The van der Waals surface area contributed by atoms with Gasteiger partial charge >= 0.3 is 12.1 Å². The molecule has 0 saturated heterocycles. The van der Waals surface area contributed by atoms with Gasteiger partial charge in [-0.15, -0.1) is 0 Å². The van der Waals surface area contributed by atoms with E-state index >= 15 is 0 Å². The van der Waals surface area contributed by atoms with Crippen LogP contribution in [-0.4, -0.2) is 38.7 Å². The second kappa shape index (κ2) is 6.24. The van der Waals surface area contributed by atoms with Gasteiger partial charge in [0, 0.05) is 6.20 Å². The van der Waals surface area contributed by atoms with E-state index in [9.17, 15) is 27.6 Å². The minimum atomic E-state index is -4.64. The van der Waals surface area contributed by atoms with Gasteiger partial charge in [0.1, 0.15) is 12.6 Å². The van der Waals surface area contributed by atoms with Crippen molar-refractivity contribution in [2.45, 2.75) is 25.2 Å². The molecule has 0 aromatic carbocycles. The molecule has 8 nitrogen and oxygen atoms in total. The molecule has 0 aliphatic carbocycles. The SMILES string of the molecule is NC(=O)CC(NC(=O)Cn1ccc(C(F)(F)F)n1)C(=O)O. The highest BCUT2D eigenvalue weighted by molar-refractivity contribution is 5.88. The fourth-order valence-electron chi connectivity index (χ4n) is 1.39. The van der Waals surface area contributed by atoms with E-state index in [-0.39, 0.29) is 0 Å². The fourth-order valence-corrected chi connectivity index (χ4v) is 1.39. The number of nitrogens with zero attached hydrogens (tertiary/aromatic N) is 2. The first-order valence-corrected chi connectivity index (χ1v) is 5.50. The lowest BCUT2D eigenvalue weighted by Gasteiger charge is -2.12. The van der Waals surface area contributed by atoms with Crippen LogP contribution in [0.25, 0.3) is 0 Å². The third kappa shape index (κ3) is 5.12. The van der Waals surface area contributed by atoms with Crippen LogP contribution in [0, 0.1) is 0 Å². The number of carbonyl (C=O) groups is 3. The van der Waals surface area contributed by atoms with Crippen molar-refractivity contribution in [1.29, 1.82) is 0 Å². The fraction of sp³-hybridized carbons (Fsp3) is 0.400. The number of nitrogens with one attached hydrogen (secondary N) is 1. The van der Waals surface area contributed by atoms with Gasteiger partial charge in [0.25, 0.3) is 0 Å². The average Bonchev–Trinajstić information content (AvgIpc) is 2.75. The van der Waals surface area contributed by atoms with Gasteiger partial charge < -0.3 is 16.2 Å². The average molecular weight is 308 g/mol. The number of amides is 2. The lowest BCUT2D eigenvalue weighted by atomic mass is 10.2. The van der Waals surface area contributed by atoms with Gasteiger partial charge in [-0.05, 0) is 6.07 Å². The number of carbonyl (C=O) groups excluding carboxylic acids is 2. The molecule has 1 unspecified atom stereocenters. The van der Waals surface area contributed by atoms with E-state index in [4.69, 9.17) is 10.8 Å². The minimum absolute atomic E-state index is 0.626. The second-order valence-electron chi connectivity index (χ2n) is 4.03. The van der Waals surface area contributed by atoms with E-state index in [0.29, 0.717) is 10.7 Å². The van der Waals surface area contributed by atoms with Gasteiger partial charge in [0.2, 0.25) is 11.8 Å². The van der Waals surface area contributed by atoms with Crippen molar-refractivity contribution in [3.8, 4) is 0 Å². The molecule has 21 heavy (non-hydrogen) atoms. The van der Waals surface area contributed by atoms with Crippen molar-refractivity contribution < 1.29 is 32.7 Å². The zero-order chi connectivity index (χ0) is 16.2. The molecule has 0 aliphatic rings. The molecule has 0 aliphatic heterocycles. The van der Waals surface area contributed by atoms with Crippen molar-refractivity contribution in [3.63, 3.8) is 0 Å². The summed E-state index contributed by atoms with van der Waals surface area (Å²) in [6.45, 7) is -0.626. The van der Waals surface area contributed by atoms with Gasteiger partial charge in [-0.1, -0.05) is 0 Å². The maximum Gasteiger partial charge on any atom is 0.435 e. The first-order valence-electron chi connectivity index (χ1n) is 5.50. The summed E-state index contributed by atoms with van der Waals surface area (Å²) in [6.07, 6.45) is -4.35. The summed E-state index contributed by atoms with van der Waals surface area (Å²) in [6, 6.07) is -0.876. The highest BCUT2D eigenvalue weighted by Crippen LogP contribution is 2.27. The zero-order valence-electron chi connectivity index (χ0n) is 10.4. The highest BCUT2D eigenvalue weighted by atomic mass is 19.4. The Morgan fingerprint density at radius 3 is 2.48 bits per heavy atom. The van der Waals surface area contributed by atoms with Crippen LogP contribution >= 0.6 is 0 Å². The standard InChI is InChI=1S/C10H11F3N4O4/c11-10(12,13)6-1-2-17(16-6)4-8(19)15-5(9(20)21)3-7(14)18/h1-2,5H,3-4H2,(H2,14,18)(H,15,19)(H,20,21). The van der Waals surface area contributed by atoms with Gasteiger partial charge in [0.05, 0.1) is 6.42 Å². The van der Waals surface area contributed by atoms with Gasteiger partial charge in [0.15, 0.2) is 5.69 Å². The Bertz CT molecular complexity index is 555. The highest BCUT2D eigenvalue weighted by Gasteiger charge is 2.33. The van der Waals surface area contributed by atoms with E-state index < -0.39 is 48.7 Å². The molecule has 11 heteroatoms. The quantitative estimate of drug-likeness (QED) is 0.643. The molecule has 1 aromatic rings. The summed E-state index contributed by atoms with van der Waals surface area (Å²) in [4.78, 5) is 32.9. The van der Waals surface area contributed by atoms with Crippen molar-refractivity contribution in [1.82, 2.24) is 15.1 Å². The minimum Gasteiger partial charge on any atom is -0.480 e. The number of hydrogen-bond acceptors (Lipinski definition) is 4. The number of primary amides is 1. The third-order valence-corrected chi connectivity index (χ3v) is 2.28. The number of hydrogen-bond donors (Lipinski definition) is 3. The molecule has 1 rings (SSSR count). The molecule has 0 bridgehead atoms. The Balaban J connectivity index is 2.66. The van der Waals surface area contributed by atoms with E-state index in [1.165, 1.54) is 0 Å². The van der Waals surface area contributed by atoms with Crippen LogP contribution in [0.1, 0.15) is 12.1 Å². The van der Waals surface area contributed by atoms with Gasteiger partial charge in [-0.2, -0.15) is 18.3 Å². The molecule has 116 valence electrons. The van der Waals surface area contributed by atoms with Crippen molar-refractivity contribution in [3.05, 3.63) is 18.0 Å². The van der Waals surface area contributed by atoms with Gasteiger partial charge in [-0.25, -0.2) is 4.79 Å². The monoisotopic (exact) mass is 308 g/mol. The summed E-state index contributed by atoms with van der Waals surface area (Å²) >= 11 is 0. The number of aliphatic carboxylic acids is 1. The largest absolute Gasteiger partial charge is 0.480 e. The summed E-state index contributed by atoms with van der Waals surface area (Å²) in [5, 5.41) is 13.8. The Kier molecular flexibility index (Phi) is 4.89. The topological polar surface area (TPSA) is 127 Å². The molecule has 0 spiro atoms. The zero-order valence-corrected chi connectivity index (χ0v) is 10.4. The molecular formula is C10H11F3N4O4. The Labute approximate surface area is 115 Å². The number of halogens is 3. The predicted molar refractivity (Wildman–Crippen MR) is 60.6 cm³/mol. The maximum absolute atomic E-state index is 12.3. The van der Waals surface area contributed by atoms with Crippen molar-refractivity contribution in [2.75, 3.05) is 0 Å². The Hall–Kier alpha value is -2.59. The van der Waals surface area contributed by atoms with Crippen LogP contribution in [0.15, 0.2) is 12.3 Å². The molecule has 0 saturated carbocycles. The molecule has 0 fully saturated rings. The van der Waals surface area contributed by atoms with Crippen LogP contribution in [-0.2, 0) is 27.1 Å². The van der Waals surface area contributed by atoms with Crippen LogP contribution in [0.3, 0.4) is 0 Å². The Morgan fingerprint density at radius 1 is 1.43 bits per heavy atom. The Morgan fingerprint density at radius 2 is 2.05 bits per heavy atom. The molecule has 0 radical (unpaired) electrons. The normalized spacial score (nSPS) is 12.7. The molecular weight excluding hydrogens is 297 g/mol. The molecule has 4 N–H and O–H groups in total. The van der Waals surface area contributed by atoms with Crippen molar-refractivity contribution >= 4 is 17.8 Å². The third-order valence-electron chi connectivity index (χ3n) is 2.28. The van der Waals surface area contributed by atoms with Gasteiger partial charge in [-0.3, -0.25) is 14.3 Å². The smallest absolute Gasteiger partial charge is 0.435 e. The summed E-state index contributed by atoms with van der Waals surface area (Å²) in [7, 11) is 0. The van der Waals surface area contributed by atoms with Crippen molar-refractivity contribution in [2.24, 2.45) is 5.73 Å². The summed E-state index contributed by atoms with van der Waals surface area (Å²) in [5.74, 6) is -3.35. The van der Waals surface area contributed by atoms with Crippen LogP contribution in [0.5, 0.6) is 0 Å². The number of nitrogens with two attached hydrogens (primary N) is 1. The molecule has 1 heterocycles. The van der Waals surface area contributed by atoms with E-state index in [1.807, 2.05) is 5.32 Å². The number of carboxylic acid groups (broad SMARTS) is 1. The lowest BCUT2D eigenvalue weighted by Crippen LogP contribution is -2.44.